The van der Waals surface area contributed by atoms with E-state index in [1.54, 1.807) is 12.1 Å². The van der Waals surface area contributed by atoms with E-state index in [4.69, 9.17) is 5.73 Å². The fraction of sp³-hybridized carbons (Fsp3) is 0.294. The summed E-state index contributed by atoms with van der Waals surface area (Å²) in [6, 6.07) is 13.5. The van der Waals surface area contributed by atoms with Crippen LogP contribution in [-0.2, 0) is 0 Å². The van der Waals surface area contributed by atoms with E-state index in [-0.39, 0.29) is 11.9 Å². The lowest BCUT2D eigenvalue weighted by Gasteiger charge is -2.32. The summed E-state index contributed by atoms with van der Waals surface area (Å²) >= 11 is 3.19. The summed E-state index contributed by atoms with van der Waals surface area (Å²) in [5.41, 5.74) is 9.17. The van der Waals surface area contributed by atoms with Gasteiger partial charge in [0.2, 0.25) is 0 Å². The minimum absolute atomic E-state index is 0.0414. The number of likely N-dealkylation sites (N-methyl/N-ethyl adjacent to an activating group) is 1. The molecule has 0 saturated heterocycles. The molecule has 2 aromatic carbocycles. The van der Waals surface area contributed by atoms with Gasteiger partial charge < -0.3 is 10.6 Å². The number of nitrogens with zero attached hydrogens (tertiary/aromatic N) is 1. The third-order valence-electron chi connectivity index (χ3n) is 3.63. The number of hydrogen-bond donors (Lipinski definition) is 1. The summed E-state index contributed by atoms with van der Waals surface area (Å²) in [6.45, 7) is 5.38. The highest BCUT2D eigenvalue weighted by Gasteiger charge is 2.19. The van der Waals surface area contributed by atoms with Gasteiger partial charge in [-0.05, 0) is 59.6 Å². The minimum Gasteiger partial charge on any atom is -0.363 e. The van der Waals surface area contributed by atoms with Crippen LogP contribution in [0.25, 0.3) is 0 Å². The second-order valence-corrected chi connectivity index (χ2v) is 5.90. The Morgan fingerprint density at radius 3 is 2.38 bits per heavy atom. The van der Waals surface area contributed by atoms with Crippen LogP contribution in [0.5, 0.6) is 0 Å². The van der Waals surface area contributed by atoms with E-state index in [0.29, 0.717) is 11.0 Å². The molecule has 0 aliphatic rings. The molecule has 21 heavy (non-hydrogen) atoms. The van der Waals surface area contributed by atoms with Crippen LogP contribution in [0.3, 0.4) is 0 Å². The summed E-state index contributed by atoms with van der Waals surface area (Å²) < 4.78 is 14.3. The van der Waals surface area contributed by atoms with Gasteiger partial charge in [0.1, 0.15) is 5.82 Å². The molecule has 0 heterocycles. The molecule has 0 fully saturated rings. The molecule has 0 amide bonds. The van der Waals surface area contributed by atoms with E-state index in [2.05, 4.69) is 58.9 Å². The quantitative estimate of drug-likeness (QED) is 0.864. The molecule has 0 aliphatic carbocycles. The normalized spacial score (nSPS) is 12.2. The topological polar surface area (TPSA) is 29.3 Å². The molecule has 112 valence electrons. The maximum Gasteiger partial charge on any atom is 0.137 e. The molecular weight excluding hydrogens is 331 g/mol. The van der Waals surface area contributed by atoms with Crippen molar-refractivity contribution in [3.8, 4) is 0 Å². The average Bonchev–Trinajstić information content (AvgIpc) is 2.49. The van der Waals surface area contributed by atoms with E-state index >= 15 is 0 Å². The van der Waals surface area contributed by atoms with E-state index in [1.807, 2.05) is 6.07 Å². The zero-order valence-corrected chi connectivity index (χ0v) is 13.9. The summed E-state index contributed by atoms with van der Waals surface area (Å²) in [6.07, 6.45) is 0. The second kappa shape index (κ2) is 7.05. The molecule has 2 N–H and O–H groups in total. The Bertz CT molecular complexity index is 598. The van der Waals surface area contributed by atoms with Crippen molar-refractivity contribution in [3.63, 3.8) is 0 Å². The van der Waals surface area contributed by atoms with Gasteiger partial charge >= 0.3 is 0 Å². The third kappa shape index (κ3) is 3.63. The molecule has 0 bridgehead atoms. The van der Waals surface area contributed by atoms with Crippen LogP contribution >= 0.6 is 15.9 Å². The fourth-order valence-electron chi connectivity index (χ4n) is 2.48. The van der Waals surface area contributed by atoms with E-state index in [1.165, 1.54) is 5.56 Å². The van der Waals surface area contributed by atoms with Crippen LogP contribution in [0.2, 0.25) is 0 Å². The fourth-order valence-corrected chi connectivity index (χ4v) is 2.73. The molecule has 1 atom stereocenters. The van der Waals surface area contributed by atoms with Crippen LogP contribution < -0.4 is 10.6 Å². The maximum absolute atomic E-state index is 13.8. The van der Waals surface area contributed by atoms with E-state index < -0.39 is 0 Å². The van der Waals surface area contributed by atoms with Crippen molar-refractivity contribution in [2.45, 2.75) is 19.9 Å². The molecule has 0 spiro atoms. The Balaban J connectivity index is 2.36. The van der Waals surface area contributed by atoms with Gasteiger partial charge in [0, 0.05) is 18.8 Å². The second-order valence-electron chi connectivity index (χ2n) is 5.05. The molecule has 0 aromatic heterocycles. The Morgan fingerprint density at radius 2 is 1.86 bits per heavy atom. The van der Waals surface area contributed by atoms with Gasteiger partial charge in [0.05, 0.1) is 10.5 Å². The molecule has 4 heteroatoms. The van der Waals surface area contributed by atoms with Crippen LogP contribution in [0.1, 0.15) is 24.1 Å². The largest absolute Gasteiger partial charge is 0.363 e. The molecule has 2 nitrogen and oxygen atoms in total. The van der Waals surface area contributed by atoms with Crippen molar-refractivity contribution in [3.05, 3.63) is 63.9 Å². The summed E-state index contributed by atoms with van der Waals surface area (Å²) in [5, 5.41) is 0. The van der Waals surface area contributed by atoms with Crippen LogP contribution in [0.15, 0.2) is 46.9 Å². The van der Waals surface area contributed by atoms with Crippen LogP contribution in [0, 0.1) is 12.7 Å². The van der Waals surface area contributed by atoms with Gasteiger partial charge in [0.25, 0.3) is 0 Å². The smallest absolute Gasteiger partial charge is 0.137 e. The number of anilines is 1. The Labute approximate surface area is 133 Å². The number of halogens is 2. The van der Waals surface area contributed by atoms with E-state index in [0.717, 1.165) is 17.8 Å². The molecule has 2 aromatic rings. The lowest BCUT2D eigenvalue weighted by molar-refractivity contribution is 0.602. The van der Waals surface area contributed by atoms with Crippen molar-refractivity contribution in [1.29, 1.82) is 0 Å². The SMILES string of the molecule is CCN(c1ccc(C)cc1)C(CN)c1ccc(Br)c(F)c1. The van der Waals surface area contributed by atoms with Crippen molar-refractivity contribution in [2.75, 3.05) is 18.0 Å². The first-order valence-electron chi connectivity index (χ1n) is 7.05. The van der Waals surface area contributed by atoms with Crippen molar-refractivity contribution >= 4 is 21.6 Å². The minimum atomic E-state index is -0.258. The summed E-state index contributed by atoms with van der Waals surface area (Å²) in [7, 11) is 0. The predicted octanol–water partition coefficient (Wildman–Crippen LogP) is 4.42. The van der Waals surface area contributed by atoms with Crippen molar-refractivity contribution < 1.29 is 4.39 Å². The van der Waals surface area contributed by atoms with Gasteiger partial charge in [0.15, 0.2) is 0 Å². The molecule has 0 radical (unpaired) electrons. The van der Waals surface area contributed by atoms with E-state index in [9.17, 15) is 4.39 Å². The Hall–Kier alpha value is -1.39. The lowest BCUT2D eigenvalue weighted by Crippen LogP contribution is -2.33. The monoisotopic (exact) mass is 350 g/mol. The molecule has 1 unspecified atom stereocenters. The highest BCUT2D eigenvalue weighted by atomic mass is 79.9. The first-order valence-corrected chi connectivity index (χ1v) is 7.84. The molecule has 0 aliphatic heterocycles. The zero-order valence-electron chi connectivity index (χ0n) is 12.3. The predicted molar refractivity (Wildman–Crippen MR) is 90.1 cm³/mol. The number of hydrogen-bond acceptors (Lipinski definition) is 2. The number of rotatable bonds is 5. The first kappa shape index (κ1) is 16.0. The zero-order chi connectivity index (χ0) is 15.4. The van der Waals surface area contributed by atoms with Crippen LogP contribution in [0.4, 0.5) is 10.1 Å². The van der Waals surface area contributed by atoms with Crippen molar-refractivity contribution in [1.82, 2.24) is 0 Å². The highest BCUT2D eigenvalue weighted by molar-refractivity contribution is 9.10. The molecule has 2 rings (SSSR count). The maximum atomic E-state index is 13.8. The third-order valence-corrected chi connectivity index (χ3v) is 4.28. The van der Waals surface area contributed by atoms with Gasteiger partial charge in [-0.2, -0.15) is 0 Å². The van der Waals surface area contributed by atoms with Crippen LogP contribution in [-0.4, -0.2) is 13.1 Å². The number of aryl methyl sites for hydroxylation is 1. The standard InChI is InChI=1S/C17H20BrFN2/c1-3-21(14-7-4-12(2)5-8-14)17(11-20)13-6-9-15(18)16(19)10-13/h4-10,17H,3,11,20H2,1-2H3. The molecular formula is C17H20BrFN2. The first-order chi connectivity index (χ1) is 10.1. The Morgan fingerprint density at radius 1 is 1.19 bits per heavy atom. The van der Waals surface area contributed by atoms with Gasteiger partial charge in [-0.3, -0.25) is 0 Å². The van der Waals surface area contributed by atoms with Crippen molar-refractivity contribution in [2.24, 2.45) is 5.73 Å². The van der Waals surface area contributed by atoms with Gasteiger partial charge in [-0.25, -0.2) is 4.39 Å². The summed E-state index contributed by atoms with van der Waals surface area (Å²) in [4.78, 5) is 2.20. The average molecular weight is 351 g/mol. The van der Waals surface area contributed by atoms with Gasteiger partial charge in [-0.1, -0.05) is 23.8 Å². The van der Waals surface area contributed by atoms with Gasteiger partial charge in [-0.15, -0.1) is 0 Å². The number of benzene rings is 2. The molecule has 0 saturated carbocycles. The Kier molecular flexibility index (Phi) is 5.37. The highest BCUT2D eigenvalue weighted by Crippen LogP contribution is 2.28. The lowest BCUT2D eigenvalue weighted by atomic mass is 10.0. The number of nitrogens with two attached hydrogens (primary N) is 1. The summed E-state index contributed by atoms with van der Waals surface area (Å²) in [5.74, 6) is -0.258.